The summed E-state index contributed by atoms with van der Waals surface area (Å²) in [7, 11) is 0. The van der Waals surface area contributed by atoms with Crippen molar-refractivity contribution in [3.8, 4) is 22.8 Å². The molecular formula is C16H16N4O. The van der Waals surface area contributed by atoms with E-state index in [4.69, 9.17) is 10.3 Å². The number of nitrogens with zero attached hydrogens (tertiary/aromatic N) is 3. The van der Waals surface area contributed by atoms with Crippen molar-refractivity contribution in [3.63, 3.8) is 0 Å². The summed E-state index contributed by atoms with van der Waals surface area (Å²) in [5.74, 6) is 1.07. The van der Waals surface area contributed by atoms with Gasteiger partial charge in [-0.25, -0.2) is 0 Å². The van der Waals surface area contributed by atoms with Crippen LogP contribution in [0.15, 0.2) is 40.9 Å². The fourth-order valence-electron chi connectivity index (χ4n) is 2.20. The van der Waals surface area contributed by atoms with Crippen LogP contribution in [0.2, 0.25) is 0 Å². The molecule has 5 nitrogen and oxygen atoms in total. The van der Waals surface area contributed by atoms with Gasteiger partial charge in [0.05, 0.1) is 0 Å². The Kier molecular flexibility index (Phi) is 3.50. The Morgan fingerprint density at radius 1 is 0.952 bits per heavy atom. The molecule has 0 amide bonds. The summed E-state index contributed by atoms with van der Waals surface area (Å²) in [5.41, 5.74) is 10.3. The van der Waals surface area contributed by atoms with E-state index in [1.807, 2.05) is 50.2 Å². The van der Waals surface area contributed by atoms with Gasteiger partial charge in [-0.3, -0.25) is 4.98 Å². The SMILES string of the molecule is Cc1cc(-c2noc(-c3ccc(CN)cc3)n2)cc(C)n1. The smallest absolute Gasteiger partial charge is 0.258 e. The molecule has 3 rings (SSSR count). The van der Waals surface area contributed by atoms with Crippen LogP contribution in [0.1, 0.15) is 17.0 Å². The molecule has 5 heteroatoms. The third-order valence-electron chi connectivity index (χ3n) is 3.20. The van der Waals surface area contributed by atoms with Gasteiger partial charge in [0.25, 0.3) is 5.89 Å². The van der Waals surface area contributed by atoms with E-state index < -0.39 is 0 Å². The van der Waals surface area contributed by atoms with E-state index >= 15 is 0 Å². The number of benzene rings is 1. The average Bonchev–Trinajstić information content (AvgIpc) is 2.96. The quantitative estimate of drug-likeness (QED) is 0.798. The molecule has 106 valence electrons. The predicted molar refractivity (Wildman–Crippen MR) is 80.3 cm³/mol. The summed E-state index contributed by atoms with van der Waals surface area (Å²) >= 11 is 0. The van der Waals surface area contributed by atoms with Crippen LogP contribution < -0.4 is 5.73 Å². The molecule has 2 heterocycles. The van der Waals surface area contributed by atoms with Gasteiger partial charge in [-0.1, -0.05) is 17.3 Å². The lowest BCUT2D eigenvalue weighted by molar-refractivity contribution is 0.432. The monoisotopic (exact) mass is 280 g/mol. The first kappa shape index (κ1) is 13.5. The van der Waals surface area contributed by atoms with Gasteiger partial charge in [-0.15, -0.1) is 0 Å². The largest absolute Gasteiger partial charge is 0.334 e. The Labute approximate surface area is 122 Å². The maximum atomic E-state index is 5.59. The fourth-order valence-corrected chi connectivity index (χ4v) is 2.20. The van der Waals surface area contributed by atoms with Gasteiger partial charge in [-0.05, 0) is 43.7 Å². The maximum Gasteiger partial charge on any atom is 0.258 e. The van der Waals surface area contributed by atoms with Crippen LogP contribution in [-0.2, 0) is 6.54 Å². The van der Waals surface area contributed by atoms with E-state index in [-0.39, 0.29) is 0 Å². The van der Waals surface area contributed by atoms with Crippen LogP contribution in [0.3, 0.4) is 0 Å². The number of hydrogen-bond donors (Lipinski definition) is 1. The second-order valence-electron chi connectivity index (χ2n) is 4.96. The van der Waals surface area contributed by atoms with E-state index in [1.165, 1.54) is 0 Å². The van der Waals surface area contributed by atoms with E-state index in [1.54, 1.807) is 0 Å². The first-order chi connectivity index (χ1) is 10.2. The van der Waals surface area contributed by atoms with Crippen molar-refractivity contribution in [1.82, 2.24) is 15.1 Å². The van der Waals surface area contributed by atoms with Crippen LogP contribution in [0, 0.1) is 13.8 Å². The molecule has 0 bridgehead atoms. The van der Waals surface area contributed by atoms with Crippen LogP contribution in [0.4, 0.5) is 0 Å². The first-order valence-corrected chi connectivity index (χ1v) is 6.74. The Bertz CT molecular complexity index is 742. The van der Waals surface area contributed by atoms with Crippen molar-refractivity contribution in [2.24, 2.45) is 5.73 Å². The van der Waals surface area contributed by atoms with Crippen molar-refractivity contribution < 1.29 is 4.52 Å². The van der Waals surface area contributed by atoms with E-state index in [0.29, 0.717) is 18.3 Å². The van der Waals surface area contributed by atoms with Crippen molar-refractivity contribution in [2.45, 2.75) is 20.4 Å². The highest BCUT2D eigenvalue weighted by atomic mass is 16.5. The molecule has 21 heavy (non-hydrogen) atoms. The van der Waals surface area contributed by atoms with E-state index in [2.05, 4.69) is 15.1 Å². The molecule has 3 aromatic rings. The summed E-state index contributed by atoms with van der Waals surface area (Å²) in [6, 6.07) is 11.7. The van der Waals surface area contributed by atoms with Gasteiger partial charge in [0.2, 0.25) is 5.82 Å². The van der Waals surface area contributed by atoms with Gasteiger partial charge in [0.15, 0.2) is 0 Å². The molecule has 2 N–H and O–H groups in total. The molecule has 0 aliphatic carbocycles. The molecule has 0 radical (unpaired) electrons. The molecule has 0 aliphatic heterocycles. The number of hydrogen-bond acceptors (Lipinski definition) is 5. The van der Waals surface area contributed by atoms with Gasteiger partial charge < -0.3 is 10.3 Å². The topological polar surface area (TPSA) is 77.8 Å². The van der Waals surface area contributed by atoms with Crippen molar-refractivity contribution >= 4 is 0 Å². The Hall–Kier alpha value is -2.53. The number of aromatic nitrogens is 3. The molecule has 0 spiro atoms. The third-order valence-corrected chi connectivity index (χ3v) is 3.20. The molecule has 0 unspecified atom stereocenters. The lowest BCUT2D eigenvalue weighted by Gasteiger charge is -1.99. The lowest BCUT2D eigenvalue weighted by atomic mass is 10.1. The highest BCUT2D eigenvalue weighted by Gasteiger charge is 2.11. The molecule has 0 aliphatic rings. The molecular weight excluding hydrogens is 264 g/mol. The Morgan fingerprint density at radius 2 is 1.62 bits per heavy atom. The van der Waals surface area contributed by atoms with Crippen LogP contribution in [-0.4, -0.2) is 15.1 Å². The second kappa shape index (κ2) is 5.46. The van der Waals surface area contributed by atoms with Crippen LogP contribution in [0.25, 0.3) is 22.8 Å². The normalized spacial score (nSPS) is 10.8. The van der Waals surface area contributed by atoms with Gasteiger partial charge in [0, 0.05) is 29.1 Å². The summed E-state index contributed by atoms with van der Waals surface area (Å²) in [6.45, 7) is 4.41. The Balaban J connectivity index is 1.95. The zero-order chi connectivity index (χ0) is 14.8. The highest BCUT2D eigenvalue weighted by Crippen LogP contribution is 2.23. The lowest BCUT2D eigenvalue weighted by Crippen LogP contribution is -1.95. The minimum Gasteiger partial charge on any atom is -0.334 e. The van der Waals surface area contributed by atoms with Crippen molar-refractivity contribution in [1.29, 1.82) is 0 Å². The zero-order valence-electron chi connectivity index (χ0n) is 12.0. The summed E-state index contributed by atoms with van der Waals surface area (Å²) in [6.07, 6.45) is 0. The molecule has 0 saturated heterocycles. The average molecular weight is 280 g/mol. The van der Waals surface area contributed by atoms with Gasteiger partial charge in [-0.2, -0.15) is 4.98 Å². The summed E-state index contributed by atoms with van der Waals surface area (Å²) < 4.78 is 5.35. The van der Waals surface area contributed by atoms with Crippen molar-refractivity contribution in [2.75, 3.05) is 0 Å². The van der Waals surface area contributed by atoms with E-state index in [0.717, 1.165) is 28.1 Å². The molecule has 0 fully saturated rings. The maximum absolute atomic E-state index is 5.59. The molecule has 2 aromatic heterocycles. The van der Waals surface area contributed by atoms with Crippen LogP contribution >= 0.6 is 0 Å². The number of nitrogens with two attached hydrogens (primary N) is 1. The standard InChI is InChI=1S/C16H16N4O/c1-10-7-14(8-11(2)18-10)15-19-16(21-20-15)13-5-3-12(9-17)4-6-13/h3-8H,9,17H2,1-2H3. The second-order valence-corrected chi connectivity index (χ2v) is 4.96. The van der Waals surface area contributed by atoms with E-state index in [9.17, 15) is 0 Å². The van der Waals surface area contributed by atoms with Gasteiger partial charge in [0.1, 0.15) is 0 Å². The number of pyridine rings is 1. The number of rotatable bonds is 3. The Morgan fingerprint density at radius 3 is 2.24 bits per heavy atom. The third kappa shape index (κ3) is 2.83. The highest BCUT2D eigenvalue weighted by molar-refractivity contribution is 5.60. The first-order valence-electron chi connectivity index (χ1n) is 6.74. The molecule has 0 atom stereocenters. The van der Waals surface area contributed by atoms with Gasteiger partial charge >= 0.3 is 0 Å². The predicted octanol–water partition coefficient (Wildman–Crippen LogP) is 2.87. The minimum absolute atomic E-state index is 0.501. The zero-order valence-corrected chi connectivity index (χ0v) is 12.0. The fraction of sp³-hybridized carbons (Fsp3) is 0.188. The molecule has 1 aromatic carbocycles. The van der Waals surface area contributed by atoms with Crippen molar-refractivity contribution in [3.05, 3.63) is 53.3 Å². The van der Waals surface area contributed by atoms with Crippen LogP contribution in [0.5, 0.6) is 0 Å². The summed E-state index contributed by atoms with van der Waals surface area (Å²) in [4.78, 5) is 8.80. The molecule has 0 saturated carbocycles. The minimum atomic E-state index is 0.501. The number of aryl methyl sites for hydroxylation is 2. The summed E-state index contributed by atoms with van der Waals surface area (Å²) in [5, 5.41) is 4.05.